The van der Waals surface area contributed by atoms with Gasteiger partial charge in [-0.3, -0.25) is 0 Å². The van der Waals surface area contributed by atoms with E-state index < -0.39 is 5.97 Å². The van der Waals surface area contributed by atoms with Crippen molar-refractivity contribution in [3.05, 3.63) is 11.6 Å². The Labute approximate surface area is 104 Å². The number of carbonyl (C=O) groups is 1. The summed E-state index contributed by atoms with van der Waals surface area (Å²) in [5.41, 5.74) is 0.428. The van der Waals surface area contributed by atoms with Crippen LogP contribution < -0.4 is 5.32 Å². The second kappa shape index (κ2) is 7.49. The highest BCUT2D eigenvalue weighted by atomic mass is 16.4. The molecule has 0 heterocycles. The van der Waals surface area contributed by atoms with Crippen LogP contribution in [0.4, 0.5) is 0 Å². The zero-order valence-electron chi connectivity index (χ0n) is 11.0. The average Bonchev–Trinajstić information content (AvgIpc) is 2.31. The van der Waals surface area contributed by atoms with Gasteiger partial charge in [0.25, 0.3) is 0 Å². The lowest BCUT2D eigenvalue weighted by atomic mass is 9.83. The predicted octanol–water partition coefficient (Wildman–Crippen LogP) is 2.97. The van der Waals surface area contributed by atoms with Crippen LogP contribution in [0.3, 0.4) is 0 Å². The van der Waals surface area contributed by atoms with Crippen LogP contribution in [0.25, 0.3) is 0 Å². The first-order valence-corrected chi connectivity index (χ1v) is 6.77. The molecule has 1 rings (SSSR count). The normalized spacial score (nSPS) is 25.9. The topological polar surface area (TPSA) is 49.3 Å². The molecular weight excluding hydrogens is 214 g/mol. The van der Waals surface area contributed by atoms with Crippen molar-refractivity contribution in [3.63, 3.8) is 0 Å². The van der Waals surface area contributed by atoms with Crippen LogP contribution in [0.1, 0.15) is 52.4 Å². The Morgan fingerprint density at radius 2 is 2.00 bits per heavy atom. The monoisotopic (exact) mass is 239 g/mol. The number of carboxylic acids is 1. The first kappa shape index (κ1) is 14.2. The Kier molecular flexibility index (Phi) is 6.27. The second-order valence-corrected chi connectivity index (χ2v) is 5.11. The highest BCUT2D eigenvalue weighted by Gasteiger charge is 2.19. The van der Waals surface area contributed by atoms with Gasteiger partial charge in [-0.2, -0.15) is 0 Å². The van der Waals surface area contributed by atoms with Crippen molar-refractivity contribution in [1.29, 1.82) is 0 Å². The minimum Gasteiger partial charge on any atom is -0.478 e. The molecule has 0 spiro atoms. The van der Waals surface area contributed by atoms with Crippen LogP contribution in [-0.2, 0) is 4.79 Å². The summed E-state index contributed by atoms with van der Waals surface area (Å²) in [6, 6.07) is 0.584. The largest absolute Gasteiger partial charge is 0.478 e. The van der Waals surface area contributed by atoms with Crippen molar-refractivity contribution >= 4 is 5.97 Å². The predicted molar refractivity (Wildman–Crippen MR) is 70.0 cm³/mol. The third kappa shape index (κ3) is 5.35. The summed E-state index contributed by atoms with van der Waals surface area (Å²) in [5, 5.41) is 12.1. The molecule has 0 aromatic carbocycles. The van der Waals surface area contributed by atoms with Gasteiger partial charge in [0.15, 0.2) is 0 Å². The summed E-state index contributed by atoms with van der Waals surface area (Å²) in [4.78, 5) is 10.6. The molecular formula is C14H25NO2. The molecule has 1 fully saturated rings. The van der Waals surface area contributed by atoms with Crippen LogP contribution in [-0.4, -0.2) is 23.7 Å². The zero-order chi connectivity index (χ0) is 12.7. The second-order valence-electron chi connectivity index (χ2n) is 5.11. The molecule has 0 aromatic heterocycles. The number of rotatable bonds is 6. The first-order chi connectivity index (χ1) is 8.13. The molecule has 0 saturated heterocycles. The van der Waals surface area contributed by atoms with Crippen LogP contribution in [0.5, 0.6) is 0 Å². The number of carboxylic acid groups (broad SMARTS) is 1. The molecule has 98 valence electrons. The first-order valence-electron chi connectivity index (χ1n) is 6.77. The number of nitrogens with one attached hydrogen (secondary N) is 1. The smallest absolute Gasteiger partial charge is 0.330 e. The number of hydrogen-bond acceptors (Lipinski definition) is 2. The van der Waals surface area contributed by atoms with E-state index in [0.29, 0.717) is 18.2 Å². The van der Waals surface area contributed by atoms with E-state index in [1.165, 1.54) is 38.5 Å². The fourth-order valence-corrected chi connectivity index (χ4v) is 2.53. The van der Waals surface area contributed by atoms with Crippen LogP contribution >= 0.6 is 0 Å². The van der Waals surface area contributed by atoms with Gasteiger partial charge < -0.3 is 10.4 Å². The van der Waals surface area contributed by atoms with Crippen molar-refractivity contribution < 1.29 is 9.90 Å². The summed E-state index contributed by atoms with van der Waals surface area (Å²) in [7, 11) is 0. The van der Waals surface area contributed by atoms with Crippen molar-refractivity contribution in [2.75, 3.05) is 6.54 Å². The van der Waals surface area contributed by atoms with E-state index in [9.17, 15) is 4.79 Å². The van der Waals surface area contributed by atoms with Crippen LogP contribution in [0.2, 0.25) is 0 Å². The van der Waals surface area contributed by atoms with E-state index in [0.717, 1.165) is 5.92 Å². The fraction of sp³-hybridized carbons (Fsp3) is 0.786. The van der Waals surface area contributed by atoms with Gasteiger partial charge in [0.05, 0.1) is 0 Å². The van der Waals surface area contributed by atoms with Gasteiger partial charge in [-0.15, -0.1) is 0 Å². The van der Waals surface area contributed by atoms with Crippen LogP contribution in [0, 0.1) is 5.92 Å². The number of aliphatic carboxylic acids is 1. The molecule has 0 bridgehead atoms. The summed E-state index contributed by atoms with van der Waals surface area (Å²) in [6.45, 7) is 4.58. The molecule has 3 nitrogen and oxygen atoms in total. The molecule has 1 saturated carbocycles. The molecule has 17 heavy (non-hydrogen) atoms. The van der Waals surface area contributed by atoms with Gasteiger partial charge in [-0.25, -0.2) is 4.79 Å². The van der Waals surface area contributed by atoms with Crippen molar-refractivity contribution in [1.82, 2.24) is 5.32 Å². The molecule has 1 aliphatic carbocycles. The van der Waals surface area contributed by atoms with Crippen molar-refractivity contribution in [2.45, 2.75) is 58.4 Å². The molecule has 0 aliphatic heterocycles. The maximum Gasteiger partial charge on any atom is 0.330 e. The summed E-state index contributed by atoms with van der Waals surface area (Å²) in [6.07, 6.45) is 9.56. The fourth-order valence-electron chi connectivity index (χ4n) is 2.53. The lowest BCUT2D eigenvalue weighted by molar-refractivity contribution is -0.132. The van der Waals surface area contributed by atoms with E-state index in [2.05, 4.69) is 12.2 Å². The highest BCUT2D eigenvalue weighted by molar-refractivity contribution is 5.85. The van der Waals surface area contributed by atoms with Gasteiger partial charge >= 0.3 is 5.97 Å². The molecule has 1 aliphatic rings. The minimum atomic E-state index is -0.821. The Hall–Kier alpha value is -0.830. The maximum absolute atomic E-state index is 10.6. The number of hydrogen-bond donors (Lipinski definition) is 2. The quantitative estimate of drug-likeness (QED) is 0.701. The van der Waals surface area contributed by atoms with Gasteiger partial charge in [0, 0.05) is 18.2 Å². The standard InChI is InChI=1S/C14H25NO2/c1-3-4-12-5-7-13(8-6-12)15-10-9-11(2)14(16)17/h9,12-13,15H,3-8,10H2,1-2H3,(H,16,17)/b11-9-. The average molecular weight is 239 g/mol. The van der Waals surface area contributed by atoms with E-state index in [4.69, 9.17) is 5.11 Å². The van der Waals surface area contributed by atoms with Gasteiger partial charge in [0.2, 0.25) is 0 Å². The minimum absolute atomic E-state index is 0.428. The SMILES string of the molecule is CCCC1CCC(NC/C=C(/C)C(=O)O)CC1. The molecule has 0 radical (unpaired) electrons. The zero-order valence-corrected chi connectivity index (χ0v) is 11.0. The Bertz CT molecular complexity index is 265. The maximum atomic E-state index is 10.6. The lowest BCUT2D eigenvalue weighted by Gasteiger charge is -2.28. The molecule has 2 N–H and O–H groups in total. The molecule has 3 heteroatoms. The van der Waals surface area contributed by atoms with Gasteiger partial charge in [-0.1, -0.05) is 25.8 Å². The third-order valence-corrected chi connectivity index (χ3v) is 3.70. The Morgan fingerprint density at radius 1 is 1.35 bits per heavy atom. The van der Waals surface area contributed by atoms with Crippen molar-refractivity contribution in [3.8, 4) is 0 Å². The van der Waals surface area contributed by atoms with E-state index >= 15 is 0 Å². The van der Waals surface area contributed by atoms with E-state index in [1.807, 2.05) is 0 Å². The summed E-state index contributed by atoms with van der Waals surface area (Å²) >= 11 is 0. The van der Waals surface area contributed by atoms with Crippen LogP contribution in [0.15, 0.2) is 11.6 Å². The highest BCUT2D eigenvalue weighted by Crippen LogP contribution is 2.27. The lowest BCUT2D eigenvalue weighted by Crippen LogP contribution is -2.33. The van der Waals surface area contributed by atoms with E-state index in [1.54, 1.807) is 13.0 Å². The van der Waals surface area contributed by atoms with E-state index in [-0.39, 0.29) is 0 Å². The molecule has 0 aromatic rings. The molecule has 0 atom stereocenters. The third-order valence-electron chi connectivity index (χ3n) is 3.70. The molecule has 0 amide bonds. The van der Waals surface area contributed by atoms with Gasteiger partial charge in [-0.05, 0) is 38.5 Å². The van der Waals surface area contributed by atoms with Gasteiger partial charge in [0.1, 0.15) is 0 Å². The summed E-state index contributed by atoms with van der Waals surface area (Å²) < 4.78 is 0. The Morgan fingerprint density at radius 3 is 2.53 bits per heavy atom. The van der Waals surface area contributed by atoms with Crippen molar-refractivity contribution in [2.24, 2.45) is 5.92 Å². The Balaban J connectivity index is 2.18. The summed E-state index contributed by atoms with van der Waals surface area (Å²) in [5.74, 6) is 0.104. The molecule has 0 unspecified atom stereocenters.